The predicted octanol–water partition coefficient (Wildman–Crippen LogP) is 3.96. The summed E-state index contributed by atoms with van der Waals surface area (Å²) in [6, 6.07) is 13.8. The van der Waals surface area contributed by atoms with E-state index in [2.05, 4.69) is 15.3 Å². The number of halogens is 1. The molecular formula is C24H25FN4O3. The first kappa shape index (κ1) is 21.7. The van der Waals surface area contributed by atoms with E-state index in [0.717, 1.165) is 28.5 Å². The van der Waals surface area contributed by atoms with E-state index in [9.17, 15) is 9.18 Å². The monoisotopic (exact) mass is 436 g/mol. The fourth-order valence-electron chi connectivity index (χ4n) is 3.53. The molecule has 1 aromatic carbocycles. The van der Waals surface area contributed by atoms with Crippen LogP contribution >= 0.6 is 0 Å². The van der Waals surface area contributed by atoms with Gasteiger partial charge >= 0.3 is 0 Å². The summed E-state index contributed by atoms with van der Waals surface area (Å²) in [7, 11) is 0. The number of benzene rings is 1. The van der Waals surface area contributed by atoms with Gasteiger partial charge in [0, 0.05) is 24.1 Å². The molecule has 7 nitrogen and oxygen atoms in total. The van der Waals surface area contributed by atoms with Crippen LogP contribution in [0.5, 0.6) is 5.75 Å². The molecule has 0 aliphatic carbocycles. The summed E-state index contributed by atoms with van der Waals surface area (Å²) in [5.41, 5.74) is 3.44. The third kappa shape index (κ3) is 5.20. The molecule has 2 aromatic heterocycles. The Labute approximate surface area is 186 Å². The number of ether oxygens (including phenoxy) is 2. The Bertz CT molecular complexity index is 1110. The molecule has 1 N–H and O–H groups in total. The minimum atomic E-state index is -0.493. The van der Waals surface area contributed by atoms with Crippen LogP contribution in [0.2, 0.25) is 0 Å². The molecule has 166 valence electrons. The smallest absolute Gasteiger partial charge is 0.260 e. The van der Waals surface area contributed by atoms with Gasteiger partial charge in [-0.25, -0.2) is 9.37 Å². The van der Waals surface area contributed by atoms with E-state index < -0.39 is 5.82 Å². The molecule has 1 aliphatic rings. The third-order valence-electron chi connectivity index (χ3n) is 5.18. The first-order valence-electron chi connectivity index (χ1n) is 10.4. The minimum absolute atomic E-state index is 0.0616. The van der Waals surface area contributed by atoms with Gasteiger partial charge in [0.1, 0.15) is 11.9 Å². The maximum Gasteiger partial charge on any atom is 0.260 e. The number of nitrogens with one attached hydrogen (secondary N) is 1. The van der Waals surface area contributed by atoms with E-state index in [0.29, 0.717) is 19.7 Å². The molecule has 1 aliphatic heterocycles. The van der Waals surface area contributed by atoms with Crippen molar-refractivity contribution in [3.8, 4) is 5.75 Å². The van der Waals surface area contributed by atoms with Gasteiger partial charge in [-0.15, -0.1) is 0 Å². The molecule has 0 spiro atoms. The van der Waals surface area contributed by atoms with Gasteiger partial charge in [0.15, 0.2) is 18.2 Å². The molecule has 8 heteroatoms. The Morgan fingerprint density at radius 1 is 1.25 bits per heavy atom. The van der Waals surface area contributed by atoms with E-state index in [-0.39, 0.29) is 24.4 Å². The van der Waals surface area contributed by atoms with Crippen molar-refractivity contribution in [2.45, 2.75) is 20.0 Å². The molecule has 0 radical (unpaired) electrons. The van der Waals surface area contributed by atoms with Gasteiger partial charge in [-0.3, -0.25) is 9.78 Å². The average Bonchev–Trinajstić information content (AvgIpc) is 2.79. The van der Waals surface area contributed by atoms with Gasteiger partial charge < -0.3 is 19.7 Å². The highest BCUT2D eigenvalue weighted by Crippen LogP contribution is 2.26. The standard InChI is InChI=1S/C24H25FN4O3/c1-16-6-5-9-26-24(16)28-18-12-17(2)27-20(13-18)22-14-29(10-11-31-22)23(30)15-32-21-8-4-3-7-19(21)25/h3-9,12-13,22H,10-11,14-15H2,1-2H3,(H,26,27,28). The largest absolute Gasteiger partial charge is 0.481 e. The van der Waals surface area contributed by atoms with Gasteiger partial charge in [-0.1, -0.05) is 18.2 Å². The van der Waals surface area contributed by atoms with Crippen molar-refractivity contribution in [3.63, 3.8) is 0 Å². The molecule has 4 rings (SSSR count). The number of morpholine rings is 1. The highest BCUT2D eigenvalue weighted by Gasteiger charge is 2.27. The maximum absolute atomic E-state index is 13.7. The molecule has 1 fully saturated rings. The summed E-state index contributed by atoms with van der Waals surface area (Å²) < 4.78 is 25.0. The lowest BCUT2D eigenvalue weighted by Crippen LogP contribution is -2.44. The average molecular weight is 436 g/mol. The van der Waals surface area contributed by atoms with Crippen molar-refractivity contribution in [2.75, 3.05) is 31.6 Å². The maximum atomic E-state index is 13.7. The van der Waals surface area contributed by atoms with Crippen LogP contribution in [0.25, 0.3) is 0 Å². The van der Waals surface area contributed by atoms with Crippen LogP contribution in [0.4, 0.5) is 15.9 Å². The van der Waals surface area contributed by atoms with Crippen LogP contribution in [0.1, 0.15) is 23.1 Å². The Kier molecular flexibility index (Phi) is 6.61. The van der Waals surface area contributed by atoms with Crippen molar-refractivity contribution in [1.82, 2.24) is 14.9 Å². The number of nitrogens with zero attached hydrogens (tertiary/aromatic N) is 3. The number of rotatable bonds is 6. The first-order valence-corrected chi connectivity index (χ1v) is 10.4. The second-order valence-electron chi connectivity index (χ2n) is 7.63. The zero-order valence-corrected chi connectivity index (χ0v) is 18.0. The topological polar surface area (TPSA) is 76.6 Å². The third-order valence-corrected chi connectivity index (χ3v) is 5.18. The van der Waals surface area contributed by atoms with Crippen molar-refractivity contribution < 1.29 is 18.7 Å². The summed E-state index contributed by atoms with van der Waals surface area (Å²) in [5, 5.41) is 3.33. The molecule has 3 heterocycles. The number of aromatic nitrogens is 2. The summed E-state index contributed by atoms with van der Waals surface area (Å²) in [6.45, 7) is 4.84. The van der Waals surface area contributed by atoms with Crippen LogP contribution in [0.15, 0.2) is 54.7 Å². The fraction of sp³-hybridized carbons (Fsp3) is 0.292. The van der Waals surface area contributed by atoms with Gasteiger partial charge in [0.25, 0.3) is 5.91 Å². The molecule has 1 unspecified atom stereocenters. The van der Waals surface area contributed by atoms with Crippen LogP contribution in [0, 0.1) is 19.7 Å². The predicted molar refractivity (Wildman–Crippen MR) is 118 cm³/mol. The quantitative estimate of drug-likeness (QED) is 0.631. The number of pyridine rings is 2. The van der Waals surface area contributed by atoms with Gasteiger partial charge in [0.2, 0.25) is 0 Å². The second kappa shape index (κ2) is 9.74. The zero-order valence-electron chi connectivity index (χ0n) is 18.0. The Balaban J connectivity index is 1.43. The van der Waals surface area contributed by atoms with Crippen molar-refractivity contribution in [2.24, 2.45) is 0 Å². The van der Waals surface area contributed by atoms with Gasteiger partial charge in [-0.2, -0.15) is 0 Å². The van der Waals surface area contributed by atoms with Gasteiger partial charge in [0.05, 0.1) is 18.8 Å². The Morgan fingerprint density at radius 3 is 2.91 bits per heavy atom. The van der Waals surface area contributed by atoms with Crippen molar-refractivity contribution in [1.29, 1.82) is 0 Å². The molecule has 0 bridgehead atoms. The van der Waals surface area contributed by atoms with Gasteiger partial charge in [-0.05, 0) is 49.7 Å². The number of carbonyl (C=O) groups is 1. The summed E-state index contributed by atoms with van der Waals surface area (Å²) in [4.78, 5) is 23.3. The van der Waals surface area contributed by atoms with Crippen LogP contribution in [0.3, 0.4) is 0 Å². The summed E-state index contributed by atoms with van der Waals surface area (Å²) in [6.07, 6.45) is 1.37. The number of anilines is 2. The van der Waals surface area contributed by atoms with E-state index >= 15 is 0 Å². The van der Waals surface area contributed by atoms with Crippen molar-refractivity contribution in [3.05, 3.63) is 77.5 Å². The summed E-state index contributed by atoms with van der Waals surface area (Å²) >= 11 is 0. The summed E-state index contributed by atoms with van der Waals surface area (Å²) in [5.74, 6) is 0.117. The second-order valence-corrected chi connectivity index (χ2v) is 7.63. The van der Waals surface area contributed by atoms with Crippen LogP contribution in [-0.2, 0) is 9.53 Å². The van der Waals surface area contributed by atoms with E-state index in [1.54, 1.807) is 23.2 Å². The van der Waals surface area contributed by atoms with E-state index in [4.69, 9.17) is 9.47 Å². The normalized spacial score (nSPS) is 16.0. The lowest BCUT2D eigenvalue weighted by Gasteiger charge is -2.33. The number of aryl methyl sites for hydroxylation is 2. The number of carbonyl (C=O) groups excluding carboxylic acids is 1. The number of amides is 1. The Morgan fingerprint density at radius 2 is 2.09 bits per heavy atom. The number of hydrogen-bond acceptors (Lipinski definition) is 6. The molecule has 32 heavy (non-hydrogen) atoms. The molecular weight excluding hydrogens is 411 g/mol. The number of hydrogen-bond donors (Lipinski definition) is 1. The molecule has 1 amide bonds. The Hall–Kier alpha value is -3.52. The molecule has 3 aromatic rings. The lowest BCUT2D eigenvalue weighted by molar-refractivity contribution is -0.141. The zero-order chi connectivity index (χ0) is 22.5. The fourth-order valence-corrected chi connectivity index (χ4v) is 3.53. The number of para-hydroxylation sites is 1. The minimum Gasteiger partial charge on any atom is -0.481 e. The van der Waals surface area contributed by atoms with Crippen LogP contribution < -0.4 is 10.1 Å². The van der Waals surface area contributed by atoms with E-state index in [1.807, 2.05) is 38.1 Å². The SMILES string of the molecule is Cc1cc(Nc2ncccc2C)cc(C2CN(C(=O)COc3ccccc3F)CCO2)n1. The lowest BCUT2D eigenvalue weighted by atomic mass is 10.1. The molecule has 1 atom stereocenters. The highest BCUT2D eigenvalue weighted by molar-refractivity contribution is 5.78. The van der Waals surface area contributed by atoms with E-state index in [1.165, 1.54) is 12.1 Å². The van der Waals surface area contributed by atoms with Crippen LogP contribution in [-0.4, -0.2) is 47.1 Å². The highest BCUT2D eigenvalue weighted by atomic mass is 19.1. The molecule has 1 saturated heterocycles. The van der Waals surface area contributed by atoms with Crippen molar-refractivity contribution >= 4 is 17.4 Å². The molecule has 0 saturated carbocycles. The first-order chi connectivity index (χ1) is 15.5.